The molecule has 1 aliphatic heterocycles. The van der Waals surface area contributed by atoms with Crippen LogP contribution in [0.15, 0.2) is 12.1 Å². The summed E-state index contributed by atoms with van der Waals surface area (Å²) in [6.07, 6.45) is 3.41. The second-order valence-corrected chi connectivity index (χ2v) is 4.30. The lowest BCUT2D eigenvalue weighted by atomic mass is 9.95. The molecule has 0 radical (unpaired) electrons. The zero-order valence-corrected chi connectivity index (χ0v) is 9.62. The summed E-state index contributed by atoms with van der Waals surface area (Å²) in [5.41, 5.74) is 3.83. The summed E-state index contributed by atoms with van der Waals surface area (Å²) in [4.78, 5) is 4.65. The third-order valence-electron chi connectivity index (χ3n) is 3.00. The SMILES string of the molecule is CCCc1nc(C)ccc1[C@@H]1CCOC1. The molecule has 1 aromatic heterocycles. The molecule has 2 rings (SSSR count). The maximum absolute atomic E-state index is 5.45. The second kappa shape index (κ2) is 4.75. The molecule has 2 heterocycles. The van der Waals surface area contributed by atoms with Crippen LogP contribution < -0.4 is 0 Å². The van der Waals surface area contributed by atoms with E-state index >= 15 is 0 Å². The second-order valence-electron chi connectivity index (χ2n) is 4.30. The molecule has 15 heavy (non-hydrogen) atoms. The number of hydrogen-bond acceptors (Lipinski definition) is 2. The Bertz CT molecular complexity index is 329. The fraction of sp³-hybridized carbons (Fsp3) is 0.615. The summed E-state index contributed by atoms with van der Waals surface area (Å²) in [7, 11) is 0. The molecule has 0 aliphatic carbocycles. The van der Waals surface area contributed by atoms with Gasteiger partial charge in [-0.1, -0.05) is 19.4 Å². The molecule has 2 nitrogen and oxygen atoms in total. The fourth-order valence-electron chi connectivity index (χ4n) is 2.21. The van der Waals surface area contributed by atoms with Crippen LogP contribution in [-0.4, -0.2) is 18.2 Å². The summed E-state index contributed by atoms with van der Waals surface area (Å²) in [5, 5.41) is 0. The van der Waals surface area contributed by atoms with Gasteiger partial charge in [0.15, 0.2) is 0 Å². The largest absolute Gasteiger partial charge is 0.381 e. The fourth-order valence-corrected chi connectivity index (χ4v) is 2.21. The van der Waals surface area contributed by atoms with Crippen LogP contribution in [-0.2, 0) is 11.2 Å². The van der Waals surface area contributed by atoms with E-state index in [4.69, 9.17) is 4.74 Å². The number of aryl methyl sites for hydroxylation is 2. The Morgan fingerprint density at radius 2 is 2.33 bits per heavy atom. The monoisotopic (exact) mass is 205 g/mol. The third-order valence-corrected chi connectivity index (χ3v) is 3.00. The maximum Gasteiger partial charge on any atom is 0.0536 e. The zero-order valence-electron chi connectivity index (χ0n) is 9.62. The molecule has 1 saturated heterocycles. The van der Waals surface area contributed by atoms with Crippen LogP contribution in [0.2, 0.25) is 0 Å². The Morgan fingerprint density at radius 3 is 3.00 bits per heavy atom. The van der Waals surface area contributed by atoms with Crippen molar-refractivity contribution in [3.8, 4) is 0 Å². The van der Waals surface area contributed by atoms with Crippen LogP contribution in [0.3, 0.4) is 0 Å². The van der Waals surface area contributed by atoms with Gasteiger partial charge in [0.05, 0.1) is 6.61 Å². The molecule has 0 spiro atoms. The lowest BCUT2D eigenvalue weighted by molar-refractivity contribution is 0.193. The van der Waals surface area contributed by atoms with Crippen LogP contribution >= 0.6 is 0 Å². The highest BCUT2D eigenvalue weighted by atomic mass is 16.5. The topological polar surface area (TPSA) is 22.1 Å². The van der Waals surface area contributed by atoms with Crippen molar-refractivity contribution in [2.24, 2.45) is 0 Å². The van der Waals surface area contributed by atoms with Crippen molar-refractivity contribution in [3.05, 3.63) is 29.1 Å². The van der Waals surface area contributed by atoms with E-state index in [9.17, 15) is 0 Å². The van der Waals surface area contributed by atoms with Gasteiger partial charge in [-0.2, -0.15) is 0 Å². The molecule has 0 saturated carbocycles. The van der Waals surface area contributed by atoms with Gasteiger partial charge in [0, 0.05) is 23.9 Å². The molecule has 1 aromatic rings. The number of nitrogens with zero attached hydrogens (tertiary/aromatic N) is 1. The molecule has 0 bridgehead atoms. The van der Waals surface area contributed by atoms with Crippen LogP contribution in [0.5, 0.6) is 0 Å². The van der Waals surface area contributed by atoms with Crippen molar-refractivity contribution in [1.82, 2.24) is 4.98 Å². The van der Waals surface area contributed by atoms with E-state index in [0.29, 0.717) is 5.92 Å². The summed E-state index contributed by atoms with van der Waals surface area (Å²) in [5.74, 6) is 0.583. The van der Waals surface area contributed by atoms with Crippen LogP contribution in [0.25, 0.3) is 0 Å². The van der Waals surface area contributed by atoms with E-state index in [1.54, 1.807) is 0 Å². The number of aromatic nitrogens is 1. The number of hydrogen-bond donors (Lipinski definition) is 0. The minimum atomic E-state index is 0.583. The van der Waals surface area contributed by atoms with Crippen molar-refractivity contribution in [1.29, 1.82) is 0 Å². The first-order chi connectivity index (χ1) is 7.31. The molecular formula is C13H19NO. The van der Waals surface area contributed by atoms with E-state index in [1.165, 1.54) is 11.3 Å². The average Bonchev–Trinajstić information content (AvgIpc) is 2.71. The normalized spacial score (nSPS) is 20.8. The molecule has 1 fully saturated rings. The van der Waals surface area contributed by atoms with Gasteiger partial charge in [0.25, 0.3) is 0 Å². The quantitative estimate of drug-likeness (QED) is 0.757. The summed E-state index contributed by atoms with van der Waals surface area (Å²) in [6.45, 7) is 6.05. The minimum absolute atomic E-state index is 0.583. The van der Waals surface area contributed by atoms with E-state index in [-0.39, 0.29) is 0 Å². The highest BCUT2D eigenvalue weighted by Crippen LogP contribution is 2.27. The molecule has 1 atom stereocenters. The van der Waals surface area contributed by atoms with Crippen LogP contribution in [0.1, 0.15) is 42.6 Å². The lowest BCUT2D eigenvalue weighted by Crippen LogP contribution is -2.05. The van der Waals surface area contributed by atoms with Crippen molar-refractivity contribution in [3.63, 3.8) is 0 Å². The standard InChI is InChI=1S/C13H19NO/c1-3-4-13-12(6-5-10(2)14-13)11-7-8-15-9-11/h5-6,11H,3-4,7-9H2,1-2H3/t11-/m1/s1. The summed E-state index contributed by atoms with van der Waals surface area (Å²) >= 11 is 0. The summed E-state index contributed by atoms with van der Waals surface area (Å²) < 4.78 is 5.45. The predicted octanol–water partition coefficient (Wildman–Crippen LogP) is 2.85. The lowest BCUT2D eigenvalue weighted by Gasteiger charge is -2.13. The van der Waals surface area contributed by atoms with Gasteiger partial charge in [-0.05, 0) is 31.4 Å². The third kappa shape index (κ3) is 2.37. The van der Waals surface area contributed by atoms with Gasteiger partial charge < -0.3 is 4.74 Å². The molecular weight excluding hydrogens is 186 g/mol. The van der Waals surface area contributed by atoms with Gasteiger partial charge in [-0.25, -0.2) is 0 Å². The molecule has 0 N–H and O–H groups in total. The smallest absolute Gasteiger partial charge is 0.0536 e. The first kappa shape index (κ1) is 10.6. The van der Waals surface area contributed by atoms with E-state index in [1.807, 2.05) is 0 Å². The molecule has 0 aromatic carbocycles. The molecule has 2 heteroatoms. The highest BCUT2D eigenvalue weighted by Gasteiger charge is 2.20. The van der Waals surface area contributed by atoms with Crippen molar-refractivity contribution < 1.29 is 4.74 Å². The summed E-state index contributed by atoms with van der Waals surface area (Å²) in [6, 6.07) is 4.36. The first-order valence-electron chi connectivity index (χ1n) is 5.85. The number of rotatable bonds is 3. The van der Waals surface area contributed by atoms with Gasteiger partial charge >= 0.3 is 0 Å². The van der Waals surface area contributed by atoms with E-state index < -0.39 is 0 Å². The Balaban J connectivity index is 2.27. The van der Waals surface area contributed by atoms with Gasteiger partial charge in [0.1, 0.15) is 0 Å². The Kier molecular flexibility index (Phi) is 3.37. The van der Waals surface area contributed by atoms with Gasteiger partial charge in [-0.15, -0.1) is 0 Å². The maximum atomic E-state index is 5.45. The molecule has 1 aliphatic rings. The van der Waals surface area contributed by atoms with Crippen LogP contribution in [0, 0.1) is 6.92 Å². The first-order valence-corrected chi connectivity index (χ1v) is 5.85. The van der Waals surface area contributed by atoms with E-state index in [0.717, 1.165) is 38.2 Å². The number of pyridine rings is 1. The van der Waals surface area contributed by atoms with Crippen molar-refractivity contribution >= 4 is 0 Å². The van der Waals surface area contributed by atoms with Crippen molar-refractivity contribution in [2.75, 3.05) is 13.2 Å². The highest BCUT2D eigenvalue weighted by molar-refractivity contribution is 5.27. The van der Waals surface area contributed by atoms with Gasteiger partial charge in [-0.3, -0.25) is 4.98 Å². The molecule has 82 valence electrons. The number of ether oxygens (including phenoxy) is 1. The van der Waals surface area contributed by atoms with Crippen molar-refractivity contribution in [2.45, 2.75) is 39.0 Å². The average molecular weight is 205 g/mol. The van der Waals surface area contributed by atoms with E-state index in [2.05, 4.69) is 31.0 Å². The Morgan fingerprint density at radius 1 is 1.47 bits per heavy atom. The Hall–Kier alpha value is -0.890. The Labute approximate surface area is 91.7 Å². The predicted molar refractivity (Wildman–Crippen MR) is 61.1 cm³/mol. The zero-order chi connectivity index (χ0) is 10.7. The minimum Gasteiger partial charge on any atom is -0.381 e. The molecule has 0 amide bonds. The van der Waals surface area contributed by atoms with Crippen LogP contribution in [0.4, 0.5) is 0 Å². The molecule has 0 unspecified atom stereocenters. The van der Waals surface area contributed by atoms with Gasteiger partial charge in [0.2, 0.25) is 0 Å².